The van der Waals surface area contributed by atoms with Crippen LogP contribution in [-0.2, 0) is 6.54 Å². The number of nitrogens with zero attached hydrogens (tertiary/aromatic N) is 5. The molecule has 7 nitrogen and oxygen atoms in total. The molecule has 0 saturated heterocycles. The van der Waals surface area contributed by atoms with Gasteiger partial charge in [-0.2, -0.15) is 5.10 Å². The maximum Gasteiger partial charge on any atom is 0.296 e. The maximum absolute atomic E-state index is 12.3. The number of amides is 1. The smallest absolute Gasteiger partial charge is 0.296 e. The van der Waals surface area contributed by atoms with Crippen molar-refractivity contribution >= 4 is 34.4 Å². The lowest BCUT2D eigenvalue weighted by atomic mass is 10.3. The molecule has 3 aromatic rings. The number of hydrogen-bond acceptors (Lipinski definition) is 5. The molecule has 2 heterocycles. The van der Waals surface area contributed by atoms with Crippen LogP contribution in [0.4, 0.5) is 5.82 Å². The van der Waals surface area contributed by atoms with E-state index in [1.54, 1.807) is 28.9 Å². The maximum atomic E-state index is 12.3. The second kappa shape index (κ2) is 5.69. The molecule has 0 aliphatic heterocycles. The van der Waals surface area contributed by atoms with Crippen LogP contribution in [0.1, 0.15) is 23.2 Å². The number of hydrogen-bond donors (Lipinski definition) is 1. The van der Waals surface area contributed by atoms with Crippen molar-refractivity contribution in [3.63, 3.8) is 0 Å². The lowest BCUT2D eigenvalue weighted by Gasteiger charge is -2.06. The topological polar surface area (TPSA) is 85.6 Å². The molecule has 8 heteroatoms. The first-order valence-corrected chi connectivity index (χ1v) is 7.10. The van der Waals surface area contributed by atoms with Crippen LogP contribution in [0.3, 0.4) is 0 Å². The molecule has 1 N–H and O–H groups in total. The lowest BCUT2D eigenvalue weighted by molar-refractivity contribution is 0.101. The van der Waals surface area contributed by atoms with Gasteiger partial charge in [-0.25, -0.2) is 9.67 Å². The van der Waals surface area contributed by atoms with Gasteiger partial charge in [0.25, 0.3) is 5.91 Å². The summed E-state index contributed by atoms with van der Waals surface area (Å²) in [6.45, 7) is 4.45. The van der Waals surface area contributed by atoms with Gasteiger partial charge in [0.2, 0.25) is 5.82 Å². The third kappa shape index (κ3) is 2.75. The molecule has 0 saturated carbocycles. The molecule has 0 fully saturated rings. The third-order valence-corrected chi connectivity index (χ3v) is 3.30. The van der Waals surface area contributed by atoms with Crippen LogP contribution in [0.15, 0.2) is 24.3 Å². The highest BCUT2D eigenvalue weighted by molar-refractivity contribution is 6.31. The molecule has 0 unspecified atom stereocenters. The van der Waals surface area contributed by atoms with Crippen LogP contribution in [0.2, 0.25) is 5.02 Å². The van der Waals surface area contributed by atoms with Gasteiger partial charge in [0.1, 0.15) is 11.3 Å². The van der Waals surface area contributed by atoms with Gasteiger partial charge in [-0.05, 0) is 32.0 Å². The number of fused-ring (bicyclic) bond motifs is 1. The second-order valence-electron chi connectivity index (χ2n) is 4.71. The average molecular weight is 317 g/mol. The summed E-state index contributed by atoms with van der Waals surface area (Å²) in [5.74, 6) is 0.139. The number of rotatable bonds is 3. The molecule has 0 spiro atoms. The first-order valence-electron chi connectivity index (χ1n) is 6.72. The number of nitrogens with one attached hydrogen (secondary N) is 1. The van der Waals surface area contributed by atoms with E-state index in [1.807, 2.05) is 13.8 Å². The summed E-state index contributed by atoms with van der Waals surface area (Å²) in [5.41, 5.74) is 1.92. The largest absolute Gasteiger partial charge is 0.304 e. The summed E-state index contributed by atoms with van der Waals surface area (Å²) in [4.78, 5) is 16.5. The summed E-state index contributed by atoms with van der Waals surface area (Å²) in [6.07, 6.45) is 0. The van der Waals surface area contributed by atoms with E-state index < -0.39 is 5.91 Å². The van der Waals surface area contributed by atoms with Crippen LogP contribution >= 0.6 is 11.6 Å². The molecule has 3 rings (SSSR count). The summed E-state index contributed by atoms with van der Waals surface area (Å²) in [7, 11) is 0. The zero-order valence-electron chi connectivity index (χ0n) is 12.0. The zero-order valence-corrected chi connectivity index (χ0v) is 12.8. The van der Waals surface area contributed by atoms with Gasteiger partial charge in [-0.15, -0.1) is 10.2 Å². The number of halogens is 1. The Balaban J connectivity index is 1.91. The van der Waals surface area contributed by atoms with Crippen LogP contribution in [0.5, 0.6) is 0 Å². The molecule has 22 heavy (non-hydrogen) atoms. The minimum absolute atomic E-state index is 0.0173. The monoisotopic (exact) mass is 316 g/mol. The molecule has 2 aromatic heterocycles. The minimum atomic E-state index is -0.441. The standard InChI is InChI=1S/C14H13ClN6O/c1-3-21-12(6-8(2)20-21)17-14(22)13-16-11-7-9(15)4-5-10(11)18-19-13/h4-7H,3H2,1-2H3,(H,17,22). The van der Waals surface area contributed by atoms with Crippen molar-refractivity contribution in [2.24, 2.45) is 0 Å². The predicted molar refractivity (Wildman–Crippen MR) is 82.9 cm³/mol. The van der Waals surface area contributed by atoms with Gasteiger partial charge in [0, 0.05) is 17.6 Å². The number of anilines is 1. The van der Waals surface area contributed by atoms with Crippen LogP contribution < -0.4 is 5.32 Å². The Bertz CT molecular complexity index is 860. The summed E-state index contributed by atoms with van der Waals surface area (Å²) in [6, 6.07) is 6.83. The molecule has 1 amide bonds. The fraction of sp³-hybridized carbons (Fsp3) is 0.214. The number of aryl methyl sites for hydroxylation is 2. The first-order chi connectivity index (χ1) is 10.6. The highest BCUT2D eigenvalue weighted by Crippen LogP contribution is 2.16. The Morgan fingerprint density at radius 2 is 2.09 bits per heavy atom. The van der Waals surface area contributed by atoms with Crippen molar-refractivity contribution in [3.05, 3.63) is 40.8 Å². The Labute approximate surface area is 131 Å². The fourth-order valence-electron chi connectivity index (χ4n) is 2.06. The van der Waals surface area contributed by atoms with E-state index in [-0.39, 0.29) is 5.82 Å². The van der Waals surface area contributed by atoms with Gasteiger partial charge >= 0.3 is 0 Å². The molecule has 0 aliphatic rings. The number of carbonyl (C=O) groups is 1. The quantitative estimate of drug-likeness (QED) is 0.802. The first kappa shape index (κ1) is 14.4. The van der Waals surface area contributed by atoms with Crippen molar-refractivity contribution in [2.45, 2.75) is 20.4 Å². The Kier molecular flexibility index (Phi) is 3.72. The fourth-order valence-corrected chi connectivity index (χ4v) is 2.23. The molecular weight excluding hydrogens is 304 g/mol. The van der Waals surface area contributed by atoms with Gasteiger partial charge in [-0.3, -0.25) is 4.79 Å². The SMILES string of the molecule is CCn1nc(C)cc1NC(=O)c1nnc2ccc(Cl)cc2n1. The lowest BCUT2D eigenvalue weighted by Crippen LogP contribution is -2.18. The van der Waals surface area contributed by atoms with Crippen molar-refractivity contribution in [2.75, 3.05) is 5.32 Å². The molecular formula is C14H13ClN6O. The number of benzene rings is 1. The van der Waals surface area contributed by atoms with Crippen LogP contribution in [-0.4, -0.2) is 30.9 Å². The van der Waals surface area contributed by atoms with Gasteiger partial charge in [0.05, 0.1) is 11.2 Å². The van der Waals surface area contributed by atoms with Crippen molar-refractivity contribution in [3.8, 4) is 0 Å². The molecule has 1 aromatic carbocycles. The van der Waals surface area contributed by atoms with Crippen LogP contribution in [0, 0.1) is 6.92 Å². The Morgan fingerprint density at radius 3 is 2.86 bits per heavy atom. The molecule has 0 radical (unpaired) electrons. The molecule has 0 bridgehead atoms. The van der Waals surface area contributed by atoms with E-state index >= 15 is 0 Å². The highest BCUT2D eigenvalue weighted by Gasteiger charge is 2.14. The Hall–Kier alpha value is -2.54. The molecule has 0 atom stereocenters. The van der Waals surface area contributed by atoms with E-state index in [0.29, 0.717) is 28.4 Å². The zero-order chi connectivity index (χ0) is 15.7. The normalized spacial score (nSPS) is 10.9. The van der Waals surface area contributed by atoms with E-state index in [4.69, 9.17) is 11.6 Å². The van der Waals surface area contributed by atoms with Crippen molar-refractivity contribution in [1.82, 2.24) is 25.0 Å². The minimum Gasteiger partial charge on any atom is -0.304 e. The van der Waals surface area contributed by atoms with E-state index in [2.05, 4.69) is 25.6 Å². The second-order valence-corrected chi connectivity index (χ2v) is 5.15. The Morgan fingerprint density at radius 1 is 1.27 bits per heavy atom. The van der Waals surface area contributed by atoms with E-state index in [9.17, 15) is 4.79 Å². The van der Waals surface area contributed by atoms with Crippen molar-refractivity contribution < 1.29 is 4.79 Å². The molecule has 0 aliphatic carbocycles. The van der Waals surface area contributed by atoms with Crippen molar-refractivity contribution in [1.29, 1.82) is 0 Å². The van der Waals surface area contributed by atoms with Gasteiger partial charge in [0.15, 0.2) is 0 Å². The van der Waals surface area contributed by atoms with Gasteiger partial charge < -0.3 is 5.32 Å². The summed E-state index contributed by atoms with van der Waals surface area (Å²) >= 11 is 5.92. The third-order valence-electron chi connectivity index (χ3n) is 3.06. The summed E-state index contributed by atoms with van der Waals surface area (Å²) in [5, 5.41) is 15.4. The average Bonchev–Trinajstić information content (AvgIpc) is 2.86. The molecule has 112 valence electrons. The predicted octanol–water partition coefficient (Wildman–Crippen LogP) is 2.46. The highest BCUT2D eigenvalue weighted by atomic mass is 35.5. The van der Waals surface area contributed by atoms with E-state index in [1.165, 1.54) is 0 Å². The van der Waals surface area contributed by atoms with Crippen LogP contribution in [0.25, 0.3) is 11.0 Å². The van der Waals surface area contributed by atoms with Gasteiger partial charge in [-0.1, -0.05) is 11.6 Å². The summed E-state index contributed by atoms with van der Waals surface area (Å²) < 4.78 is 1.69. The van der Waals surface area contributed by atoms with E-state index in [0.717, 1.165) is 5.69 Å². The number of aromatic nitrogens is 5. The number of carbonyl (C=O) groups excluding carboxylic acids is 1.